The topological polar surface area (TPSA) is 103 Å². The summed E-state index contributed by atoms with van der Waals surface area (Å²) in [5.74, 6) is -0.129. The molecule has 3 N–H and O–H groups in total. The van der Waals surface area contributed by atoms with Gasteiger partial charge in [-0.25, -0.2) is 9.37 Å². The molecule has 0 spiro atoms. The van der Waals surface area contributed by atoms with Gasteiger partial charge in [0.05, 0.1) is 23.8 Å². The van der Waals surface area contributed by atoms with E-state index in [1.165, 1.54) is 23.5 Å². The van der Waals surface area contributed by atoms with Gasteiger partial charge >= 0.3 is 0 Å². The fourth-order valence-electron chi connectivity index (χ4n) is 2.32. The third-order valence-corrected chi connectivity index (χ3v) is 5.02. The van der Waals surface area contributed by atoms with Crippen molar-refractivity contribution in [3.63, 3.8) is 0 Å². The van der Waals surface area contributed by atoms with Gasteiger partial charge in [-0.3, -0.25) is 0 Å². The average molecular weight is 439 g/mol. The SMILES string of the molecule is CC(C)Oc1ccc(-c2nnc(-c3cc(F)c(OC[C@H](N)CO)cc3Cl)s2)cn1. The molecule has 0 radical (unpaired) electrons. The number of rotatable bonds is 8. The van der Waals surface area contributed by atoms with Crippen molar-refractivity contribution in [3.8, 4) is 32.8 Å². The summed E-state index contributed by atoms with van der Waals surface area (Å²) in [6.07, 6.45) is 1.68. The van der Waals surface area contributed by atoms with Crippen LogP contribution in [0.2, 0.25) is 5.02 Å². The third-order valence-electron chi connectivity index (χ3n) is 3.70. The molecule has 154 valence electrons. The van der Waals surface area contributed by atoms with E-state index in [1.807, 2.05) is 19.9 Å². The minimum Gasteiger partial charge on any atom is -0.489 e. The Morgan fingerprint density at radius 1 is 1.24 bits per heavy atom. The van der Waals surface area contributed by atoms with E-state index in [9.17, 15) is 4.39 Å². The standard InChI is InChI=1S/C19H20ClFN4O3S/c1-10(2)28-17-4-3-11(7-23-17)18-24-25-19(29-18)13-5-15(21)16(6-14(13)20)27-9-12(22)8-26/h3-7,10,12,26H,8-9,22H2,1-2H3/t12-/m1/s1. The van der Waals surface area contributed by atoms with Crippen molar-refractivity contribution in [1.29, 1.82) is 0 Å². The highest BCUT2D eigenvalue weighted by atomic mass is 35.5. The van der Waals surface area contributed by atoms with E-state index in [0.29, 0.717) is 21.5 Å². The molecule has 1 atom stereocenters. The van der Waals surface area contributed by atoms with E-state index in [1.54, 1.807) is 12.3 Å². The van der Waals surface area contributed by atoms with Gasteiger partial charge < -0.3 is 20.3 Å². The first-order chi connectivity index (χ1) is 13.9. The van der Waals surface area contributed by atoms with Crippen LogP contribution < -0.4 is 15.2 Å². The molecule has 7 nitrogen and oxygen atoms in total. The Morgan fingerprint density at radius 2 is 2.00 bits per heavy atom. The Labute approximate surface area is 176 Å². The lowest BCUT2D eigenvalue weighted by atomic mass is 10.2. The molecule has 0 aliphatic carbocycles. The van der Waals surface area contributed by atoms with Gasteiger partial charge in [-0.1, -0.05) is 22.9 Å². The smallest absolute Gasteiger partial charge is 0.213 e. The second-order valence-corrected chi connectivity index (χ2v) is 7.86. The molecule has 3 rings (SSSR count). The van der Waals surface area contributed by atoms with Crippen molar-refractivity contribution in [3.05, 3.63) is 41.3 Å². The van der Waals surface area contributed by atoms with E-state index >= 15 is 0 Å². The average Bonchev–Trinajstić information content (AvgIpc) is 3.18. The number of ether oxygens (including phenoxy) is 2. The monoisotopic (exact) mass is 438 g/mol. The van der Waals surface area contributed by atoms with Crippen molar-refractivity contribution in [2.45, 2.75) is 26.0 Å². The van der Waals surface area contributed by atoms with Crippen LogP contribution in [0, 0.1) is 5.82 Å². The van der Waals surface area contributed by atoms with Gasteiger partial charge in [-0.05, 0) is 26.0 Å². The lowest BCUT2D eigenvalue weighted by Gasteiger charge is -2.12. The molecule has 0 saturated carbocycles. The van der Waals surface area contributed by atoms with Gasteiger partial charge in [0, 0.05) is 29.5 Å². The summed E-state index contributed by atoms with van der Waals surface area (Å²) in [5.41, 5.74) is 6.73. The van der Waals surface area contributed by atoms with Gasteiger partial charge in [0.25, 0.3) is 0 Å². The highest BCUT2D eigenvalue weighted by Crippen LogP contribution is 2.37. The molecule has 0 unspecified atom stereocenters. The predicted octanol–water partition coefficient (Wildman–Crippen LogP) is 3.55. The number of pyridine rings is 1. The first-order valence-corrected chi connectivity index (χ1v) is 10.0. The third kappa shape index (κ3) is 5.39. The number of halogens is 2. The highest BCUT2D eigenvalue weighted by molar-refractivity contribution is 7.18. The number of hydrogen-bond donors (Lipinski definition) is 2. The van der Waals surface area contributed by atoms with Crippen LogP contribution in [0.4, 0.5) is 4.39 Å². The maximum Gasteiger partial charge on any atom is 0.213 e. The summed E-state index contributed by atoms with van der Waals surface area (Å²) in [5, 5.41) is 18.5. The molecular formula is C19H20ClFN4O3S. The number of aliphatic hydroxyl groups excluding tert-OH is 1. The van der Waals surface area contributed by atoms with E-state index in [2.05, 4.69) is 15.2 Å². The quantitative estimate of drug-likeness (QED) is 0.554. The van der Waals surface area contributed by atoms with E-state index in [4.69, 9.17) is 31.9 Å². The maximum absolute atomic E-state index is 14.4. The molecule has 0 bridgehead atoms. The van der Waals surface area contributed by atoms with Crippen molar-refractivity contribution in [2.75, 3.05) is 13.2 Å². The van der Waals surface area contributed by atoms with Gasteiger partial charge in [-0.15, -0.1) is 10.2 Å². The van der Waals surface area contributed by atoms with Crippen LogP contribution in [0.1, 0.15) is 13.8 Å². The molecule has 10 heteroatoms. The zero-order valence-electron chi connectivity index (χ0n) is 15.8. The molecule has 0 saturated heterocycles. The fraction of sp³-hybridized carbons (Fsp3) is 0.316. The summed E-state index contributed by atoms with van der Waals surface area (Å²) in [7, 11) is 0. The molecule has 2 heterocycles. The van der Waals surface area contributed by atoms with Gasteiger partial charge in [0.15, 0.2) is 11.6 Å². The van der Waals surface area contributed by atoms with Crippen molar-refractivity contribution >= 4 is 22.9 Å². The van der Waals surface area contributed by atoms with Crippen molar-refractivity contribution in [1.82, 2.24) is 15.2 Å². The minimum atomic E-state index is -0.608. The minimum absolute atomic E-state index is 0.0322. The highest BCUT2D eigenvalue weighted by Gasteiger charge is 2.17. The number of nitrogens with two attached hydrogens (primary N) is 1. The molecule has 29 heavy (non-hydrogen) atoms. The van der Waals surface area contributed by atoms with E-state index in [-0.39, 0.29) is 30.1 Å². The lowest BCUT2D eigenvalue weighted by molar-refractivity contribution is 0.202. The molecular weight excluding hydrogens is 419 g/mol. The summed E-state index contributed by atoms with van der Waals surface area (Å²) in [4.78, 5) is 4.25. The van der Waals surface area contributed by atoms with Gasteiger partial charge in [-0.2, -0.15) is 0 Å². The fourth-order valence-corrected chi connectivity index (χ4v) is 3.48. The lowest BCUT2D eigenvalue weighted by Crippen LogP contribution is -2.31. The van der Waals surface area contributed by atoms with Crippen LogP contribution in [-0.4, -0.2) is 45.6 Å². The predicted molar refractivity (Wildman–Crippen MR) is 110 cm³/mol. The summed E-state index contributed by atoms with van der Waals surface area (Å²) >= 11 is 7.55. The second-order valence-electron chi connectivity index (χ2n) is 6.48. The maximum atomic E-state index is 14.4. The van der Waals surface area contributed by atoms with Crippen LogP contribution >= 0.6 is 22.9 Å². The zero-order chi connectivity index (χ0) is 21.0. The van der Waals surface area contributed by atoms with Gasteiger partial charge in [0.2, 0.25) is 5.88 Å². The molecule has 0 aliphatic rings. The molecule has 0 amide bonds. The van der Waals surface area contributed by atoms with Crippen molar-refractivity contribution < 1.29 is 19.0 Å². The van der Waals surface area contributed by atoms with Crippen molar-refractivity contribution in [2.24, 2.45) is 5.73 Å². The molecule has 2 aromatic heterocycles. The Bertz CT molecular complexity index is 969. The number of nitrogens with zero attached hydrogens (tertiary/aromatic N) is 3. The summed E-state index contributed by atoms with van der Waals surface area (Å²) in [6, 6.07) is 5.58. The summed E-state index contributed by atoms with van der Waals surface area (Å²) < 4.78 is 25.2. The molecule has 3 aromatic rings. The first kappa shape index (κ1) is 21.4. The zero-order valence-corrected chi connectivity index (χ0v) is 17.4. The number of aromatic nitrogens is 3. The Morgan fingerprint density at radius 3 is 2.66 bits per heavy atom. The Hall–Kier alpha value is -2.33. The number of hydrogen-bond acceptors (Lipinski definition) is 8. The van der Waals surface area contributed by atoms with Crippen LogP contribution in [-0.2, 0) is 0 Å². The van der Waals surface area contributed by atoms with Crippen LogP contribution in [0.5, 0.6) is 11.6 Å². The number of benzene rings is 1. The number of aliphatic hydroxyl groups is 1. The largest absolute Gasteiger partial charge is 0.489 e. The molecule has 1 aromatic carbocycles. The first-order valence-electron chi connectivity index (χ1n) is 8.82. The molecule has 0 aliphatic heterocycles. The van der Waals surface area contributed by atoms with Crippen LogP contribution in [0.3, 0.4) is 0 Å². The van der Waals surface area contributed by atoms with Crippen LogP contribution in [0.25, 0.3) is 21.1 Å². The Balaban J connectivity index is 1.80. The van der Waals surface area contributed by atoms with E-state index in [0.717, 1.165) is 5.56 Å². The Kier molecular flexibility index (Phi) is 6.96. The normalized spacial score (nSPS) is 12.2. The van der Waals surface area contributed by atoms with Gasteiger partial charge in [0.1, 0.15) is 16.6 Å². The van der Waals surface area contributed by atoms with Crippen LogP contribution in [0.15, 0.2) is 30.5 Å². The second kappa shape index (κ2) is 9.45. The summed E-state index contributed by atoms with van der Waals surface area (Å²) in [6.45, 7) is 3.55. The van der Waals surface area contributed by atoms with E-state index < -0.39 is 11.9 Å². The molecule has 0 fully saturated rings.